The van der Waals surface area contributed by atoms with E-state index in [9.17, 15) is 14.7 Å². The van der Waals surface area contributed by atoms with Crippen LogP contribution in [0.4, 0.5) is 4.79 Å². The van der Waals surface area contributed by atoms with Crippen molar-refractivity contribution in [2.24, 2.45) is 11.3 Å². The normalized spacial score (nSPS) is 34.6. The molecule has 2 N–H and O–H groups in total. The van der Waals surface area contributed by atoms with Crippen molar-refractivity contribution < 1.29 is 14.7 Å². The van der Waals surface area contributed by atoms with E-state index in [1.165, 1.54) is 12.8 Å². The van der Waals surface area contributed by atoms with Crippen LogP contribution in [-0.4, -0.2) is 41.1 Å². The maximum absolute atomic E-state index is 12.3. The number of hydrogen-bond donors (Lipinski definition) is 2. The Hall–Kier alpha value is -1.26. The third kappa shape index (κ3) is 3.25. The van der Waals surface area contributed by atoms with Crippen LogP contribution in [0, 0.1) is 11.3 Å². The van der Waals surface area contributed by atoms with Crippen molar-refractivity contribution in [2.75, 3.05) is 13.1 Å². The molecule has 5 nitrogen and oxygen atoms in total. The minimum atomic E-state index is -0.805. The highest BCUT2D eigenvalue weighted by Gasteiger charge is 2.39. The molecule has 2 rings (SSSR count). The molecule has 0 aromatic heterocycles. The summed E-state index contributed by atoms with van der Waals surface area (Å²) in [5.74, 6) is -0.288. The zero-order valence-electron chi connectivity index (χ0n) is 12.5. The van der Waals surface area contributed by atoms with Gasteiger partial charge in [-0.25, -0.2) is 4.79 Å². The zero-order valence-corrected chi connectivity index (χ0v) is 12.5. The van der Waals surface area contributed by atoms with Gasteiger partial charge in [0.2, 0.25) is 0 Å². The average Bonchev–Trinajstić information content (AvgIpc) is 2.41. The molecule has 1 aliphatic carbocycles. The number of rotatable bonds is 2. The predicted octanol–water partition coefficient (Wildman–Crippen LogP) is 2.46. The molecule has 0 aromatic rings. The smallest absolute Gasteiger partial charge is 0.317 e. The Labute approximate surface area is 120 Å². The first-order valence-electron chi connectivity index (χ1n) is 7.71. The first kappa shape index (κ1) is 15.1. The van der Waals surface area contributed by atoms with Gasteiger partial charge in [-0.15, -0.1) is 0 Å². The fraction of sp³-hybridized carbons (Fsp3) is 0.867. The molecule has 3 atom stereocenters. The second-order valence-corrected chi connectivity index (χ2v) is 6.71. The molecule has 114 valence electrons. The van der Waals surface area contributed by atoms with E-state index in [1.54, 1.807) is 11.8 Å². The summed E-state index contributed by atoms with van der Waals surface area (Å²) < 4.78 is 0. The summed E-state index contributed by atoms with van der Waals surface area (Å²) in [5, 5.41) is 12.4. The molecule has 0 spiro atoms. The summed E-state index contributed by atoms with van der Waals surface area (Å²) >= 11 is 0. The maximum Gasteiger partial charge on any atom is 0.317 e. The quantitative estimate of drug-likeness (QED) is 0.817. The van der Waals surface area contributed by atoms with Crippen LogP contribution in [0.1, 0.15) is 52.4 Å². The van der Waals surface area contributed by atoms with Crippen molar-refractivity contribution >= 4 is 12.0 Å². The molecular formula is C15H26N2O3. The number of nitrogens with one attached hydrogen (secondary N) is 1. The minimum Gasteiger partial charge on any atom is -0.481 e. The van der Waals surface area contributed by atoms with Gasteiger partial charge in [0, 0.05) is 19.1 Å². The Morgan fingerprint density at radius 2 is 1.95 bits per heavy atom. The third-order valence-electron chi connectivity index (χ3n) is 4.92. The van der Waals surface area contributed by atoms with Crippen LogP contribution < -0.4 is 5.32 Å². The molecule has 2 aliphatic rings. The maximum atomic E-state index is 12.3. The molecule has 20 heavy (non-hydrogen) atoms. The van der Waals surface area contributed by atoms with Crippen LogP contribution in [0.5, 0.6) is 0 Å². The van der Waals surface area contributed by atoms with Gasteiger partial charge >= 0.3 is 12.0 Å². The fourth-order valence-electron chi connectivity index (χ4n) is 3.37. The lowest BCUT2D eigenvalue weighted by Crippen LogP contribution is -2.54. The highest BCUT2D eigenvalue weighted by molar-refractivity contribution is 5.78. The monoisotopic (exact) mass is 282 g/mol. The zero-order chi connectivity index (χ0) is 14.8. The van der Waals surface area contributed by atoms with Gasteiger partial charge in [0.1, 0.15) is 0 Å². The third-order valence-corrected chi connectivity index (χ3v) is 4.92. The number of piperidine rings is 1. The molecule has 1 saturated heterocycles. The van der Waals surface area contributed by atoms with Gasteiger partial charge < -0.3 is 15.3 Å². The molecule has 1 saturated carbocycles. The fourth-order valence-corrected chi connectivity index (χ4v) is 3.37. The first-order valence-corrected chi connectivity index (χ1v) is 7.71. The van der Waals surface area contributed by atoms with Crippen molar-refractivity contribution in [1.82, 2.24) is 10.2 Å². The molecule has 0 bridgehead atoms. The second kappa shape index (κ2) is 6.02. The Bertz CT molecular complexity index is 385. The minimum absolute atomic E-state index is 0.0871. The molecule has 3 unspecified atom stereocenters. The summed E-state index contributed by atoms with van der Waals surface area (Å²) in [7, 11) is 0. The lowest BCUT2D eigenvalue weighted by Gasteiger charge is -2.39. The van der Waals surface area contributed by atoms with E-state index in [-0.39, 0.29) is 12.1 Å². The standard InChI is InChI=1S/C15H26N2O3/c1-11-6-3-4-7-12(11)16-14(20)17-9-5-8-15(2,10-17)13(18)19/h11-12H,3-10H2,1-2H3,(H,16,20)(H,18,19). The Balaban J connectivity index is 1.93. The van der Waals surface area contributed by atoms with E-state index < -0.39 is 11.4 Å². The number of aliphatic carboxylic acids is 1. The van der Waals surface area contributed by atoms with Crippen molar-refractivity contribution in [3.05, 3.63) is 0 Å². The molecule has 1 aliphatic heterocycles. The molecule has 2 amide bonds. The highest BCUT2D eigenvalue weighted by Crippen LogP contribution is 2.30. The number of hydrogen-bond acceptors (Lipinski definition) is 2. The van der Waals surface area contributed by atoms with E-state index in [0.29, 0.717) is 25.4 Å². The number of carboxylic acids is 1. The van der Waals surface area contributed by atoms with Crippen molar-refractivity contribution in [3.8, 4) is 0 Å². The second-order valence-electron chi connectivity index (χ2n) is 6.71. The lowest BCUT2D eigenvalue weighted by atomic mass is 9.82. The average molecular weight is 282 g/mol. The summed E-state index contributed by atoms with van der Waals surface area (Å²) in [6, 6.07) is 0.158. The molecular weight excluding hydrogens is 256 g/mol. The van der Waals surface area contributed by atoms with Crippen LogP contribution in [0.15, 0.2) is 0 Å². The van der Waals surface area contributed by atoms with Gasteiger partial charge in [0.05, 0.1) is 5.41 Å². The summed E-state index contributed by atoms with van der Waals surface area (Å²) in [4.78, 5) is 25.4. The van der Waals surface area contributed by atoms with Crippen LogP contribution >= 0.6 is 0 Å². The van der Waals surface area contributed by atoms with Gasteiger partial charge in [-0.2, -0.15) is 0 Å². The summed E-state index contributed by atoms with van der Waals surface area (Å²) in [6.07, 6.45) is 6.02. The van der Waals surface area contributed by atoms with Gasteiger partial charge in [-0.1, -0.05) is 19.8 Å². The molecule has 0 radical (unpaired) electrons. The number of carbonyl (C=O) groups is 2. The van der Waals surface area contributed by atoms with Crippen molar-refractivity contribution in [1.29, 1.82) is 0 Å². The van der Waals surface area contributed by atoms with Crippen LogP contribution in [0.25, 0.3) is 0 Å². The summed E-state index contributed by atoms with van der Waals surface area (Å²) in [5.41, 5.74) is -0.798. The van der Waals surface area contributed by atoms with Gasteiger partial charge in [-0.05, 0) is 38.5 Å². The van der Waals surface area contributed by atoms with Crippen molar-refractivity contribution in [3.63, 3.8) is 0 Å². The predicted molar refractivity (Wildman–Crippen MR) is 76.5 cm³/mol. The number of amides is 2. The summed E-state index contributed by atoms with van der Waals surface area (Å²) in [6.45, 7) is 4.89. The molecule has 5 heteroatoms. The number of carbonyl (C=O) groups excluding carboxylic acids is 1. The van der Waals surface area contributed by atoms with Crippen LogP contribution in [0.2, 0.25) is 0 Å². The number of likely N-dealkylation sites (tertiary alicyclic amines) is 1. The topological polar surface area (TPSA) is 69.6 Å². The van der Waals surface area contributed by atoms with Crippen LogP contribution in [0.3, 0.4) is 0 Å². The van der Waals surface area contributed by atoms with E-state index >= 15 is 0 Å². The Morgan fingerprint density at radius 3 is 2.60 bits per heavy atom. The number of carboxylic acid groups (broad SMARTS) is 1. The van der Waals surface area contributed by atoms with E-state index in [4.69, 9.17) is 0 Å². The van der Waals surface area contributed by atoms with E-state index in [1.807, 2.05) is 0 Å². The van der Waals surface area contributed by atoms with Gasteiger partial charge in [-0.3, -0.25) is 4.79 Å². The SMILES string of the molecule is CC1CCCCC1NC(=O)N1CCCC(C)(C(=O)O)C1. The van der Waals surface area contributed by atoms with E-state index in [0.717, 1.165) is 19.3 Å². The molecule has 1 heterocycles. The van der Waals surface area contributed by atoms with E-state index in [2.05, 4.69) is 12.2 Å². The Kier molecular flexibility index (Phi) is 4.55. The Morgan fingerprint density at radius 1 is 1.25 bits per heavy atom. The first-order chi connectivity index (χ1) is 9.42. The van der Waals surface area contributed by atoms with Gasteiger partial charge in [0.25, 0.3) is 0 Å². The number of nitrogens with zero attached hydrogens (tertiary/aromatic N) is 1. The van der Waals surface area contributed by atoms with Crippen LogP contribution in [-0.2, 0) is 4.79 Å². The molecule has 0 aromatic carbocycles. The van der Waals surface area contributed by atoms with Crippen molar-refractivity contribution in [2.45, 2.75) is 58.4 Å². The number of urea groups is 1. The largest absolute Gasteiger partial charge is 0.481 e. The lowest BCUT2D eigenvalue weighted by molar-refractivity contribution is -0.150. The molecule has 2 fully saturated rings. The highest BCUT2D eigenvalue weighted by atomic mass is 16.4. The van der Waals surface area contributed by atoms with Gasteiger partial charge in [0.15, 0.2) is 0 Å².